The van der Waals surface area contributed by atoms with Crippen molar-refractivity contribution in [1.82, 2.24) is 5.32 Å². The molecule has 1 unspecified atom stereocenters. The molecule has 3 rings (SSSR count). The van der Waals surface area contributed by atoms with Crippen LogP contribution in [0.1, 0.15) is 52.9 Å². The molecule has 0 saturated carbocycles. The summed E-state index contributed by atoms with van der Waals surface area (Å²) in [6.45, 7) is 2.62. The molecule has 0 heterocycles. The van der Waals surface area contributed by atoms with Gasteiger partial charge in [0.2, 0.25) is 0 Å². The number of benzene rings is 3. The van der Waals surface area contributed by atoms with Crippen molar-refractivity contribution >= 4 is 11.9 Å². The van der Waals surface area contributed by atoms with E-state index in [-0.39, 0.29) is 0 Å². The van der Waals surface area contributed by atoms with Crippen LogP contribution in [0.15, 0.2) is 78.9 Å². The molecule has 31 heavy (non-hydrogen) atoms. The fourth-order valence-corrected chi connectivity index (χ4v) is 3.20. The number of carboxylic acids is 1. The highest BCUT2D eigenvalue weighted by Crippen LogP contribution is 2.17. The molecule has 1 atom stereocenters. The number of ether oxygens (including phenoxy) is 1. The molecule has 2 N–H and O–H groups in total. The van der Waals surface area contributed by atoms with E-state index in [1.165, 1.54) is 18.4 Å². The first-order chi connectivity index (χ1) is 15.1. The average Bonchev–Trinajstić information content (AvgIpc) is 2.81. The summed E-state index contributed by atoms with van der Waals surface area (Å²) in [4.78, 5) is 24.1. The summed E-state index contributed by atoms with van der Waals surface area (Å²) >= 11 is 0. The van der Waals surface area contributed by atoms with Gasteiger partial charge in [-0.15, -0.1) is 0 Å². The van der Waals surface area contributed by atoms with Gasteiger partial charge in [0.25, 0.3) is 5.91 Å². The van der Waals surface area contributed by atoms with Crippen LogP contribution in [0.2, 0.25) is 0 Å². The van der Waals surface area contributed by atoms with Crippen LogP contribution in [0.5, 0.6) is 5.75 Å². The number of carbonyl (C=O) groups is 2. The Morgan fingerprint density at radius 2 is 1.55 bits per heavy atom. The van der Waals surface area contributed by atoms with E-state index in [1.54, 1.807) is 54.6 Å². The van der Waals surface area contributed by atoms with Gasteiger partial charge in [-0.2, -0.15) is 0 Å². The number of aliphatic carboxylic acids is 1. The van der Waals surface area contributed by atoms with Crippen LogP contribution in [-0.4, -0.2) is 17.0 Å². The number of carbonyl (C=O) groups excluding carboxylic acids is 1. The quantitative estimate of drug-likeness (QED) is 0.478. The van der Waals surface area contributed by atoms with Gasteiger partial charge in [-0.3, -0.25) is 4.79 Å². The van der Waals surface area contributed by atoms with Crippen LogP contribution >= 0.6 is 0 Å². The highest BCUT2D eigenvalue weighted by atomic mass is 16.5. The van der Waals surface area contributed by atoms with Crippen LogP contribution < -0.4 is 10.1 Å². The molecule has 5 heteroatoms. The van der Waals surface area contributed by atoms with E-state index in [0.29, 0.717) is 23.5 Å². The van der Waals surface area contributed by atoms with Crippen LogP contribution in [0.25, 0.3) is 0 Å². The summed E-state index contributed by atoms with van der Waals surface area (Å²) in [5, 5.41) is 12.0. The van der Waals surface area contributed by atoms with Crippen LogP contribution in [0.4, 0.5) is 0 Å². The second-order valence-corrected chi connectivity index (χ2v) is 7.39. The van der Waals surface area contributed by atoms with Crippen molar-refractivity contribution in [3.63, 3.8) is 0 Å². The summed E-state index contributed by atoms with van der Waals surface area (Å²) in [6, 6.07) is 22.6. The van der Waals surface area contributed by atoms with E-state index in [2.05, 4.69) is 36.5 Å². The number of unbranched alkanes of at least 4 members (excludes halogenated alkanes) is 1. The van der Waals surface area contributed by atoms with Gasteiger partial charge in [0.1, 0.15) is 12.4 Å². The third kappa shape index (κ3) is 6.44. The molecule has 5 nitrogen and oxygen atoms in total. The summed E-state index contributed by atoms with van der Waals surface area (Å²) in [6.07, 6.45) is 3.46. The molecule has 0 spiro atoms. The maximum Gasteiger partial charge on any atom is 0.330 e. The van der Waals surface area contributed by atoms with Gasteiger partial charge < -0.3 is 15.2 Å². The molecule has 0 aliphatic rings. The number of amides is 1. The third-order valence-corrected chi connectivity index (χ3v) is 5.02. The second kappa shape index (κ2) is 11.0. The minimum Gasteiger partial charge on any atom is -0.489 e. The Kier molecular flexibility index (Phi) is 7.82. The lowest BCUT2D eigenvalue weighted by Gasteiger charge is -2.15. The van der Waals surface area contributed by atoms with Gasteiger partial charge in [-0.05, 0) is 53.8 Å². The van der Waals surface area contributed by atoms with Gasteiger partial charge in [0.15, 0.2) is 6.04 Å². The van der Waals surface area contributed by atoms with Crippen molar-refractivity contribution < 1.29 is 19.4 Å². The Bertz CT molecular complexity index is 982. The fourth-order valence-electron chi connectivity index (χ4n) is 3.20. The second-order valence-electron chi connectivity index (χ2n) is 7.39. The molecule has 160 valence electrons. The Morgan fingerprint density at radius 1 is 0.903 bits per heavy atom. The predicted octanol–water partition coefficient (Wildman–Crippen LogP) is 5.16. The molecular formula is C26H27NO4. The smallest absolute Gasteiger partial charge is 0.330 e. The summed E-state index contributed by atoms with van der Waals surface area (Å²) < 4.78 is 5.81. The topological polar surface area (TPSA) is 75.6 Å². The SMILES string of the molecule is CCCCc1ccc(COc2ccc(C(=O)NC(C(=O)O)c3ccccc3)cc2)cc1. The van der Waals surface area contributed by atoms with E-state index in [4.69, 9.17) is 4.74 Å². The molecule has 0 aromatic heterocycles. The maximum atomic E-state index is 12.5. The number of aryl methyl sites for hydroxylation is 1. The molecular weight excluding hydrogens is 390 g/mol. The van der Waals surface area contributed by atoms with E-state index in [9.17, 15) is 14.7 Å². The largest absolute Gasteiger partial charge is 0.489 e. The zero-order valence-electron chi connectivity index (χ0n) is 17.6. The molecule has 0 bridgehead atoms. The zero-order chi connectivity index (χ0) is 22.1. The lowest BCUT2D eigenvalue weighted by atomic mass is 10.1. The lowest BCUT2D eigenvalue weighted by molar-refractivity contribution is -0.139. The first-order valence-electron chi connectivity index (χ1n) is 10.5. The normalized spacial score (nSPS) is 11.5. The Balaban J connectivity index is 1.56. The van der Waals surface area contributed by atoms with Crippen molar-refractivity contribution in [1.29, 1.82) is 0 Å². The number of hydrogen-bond donors (Lipinski definition) is 2. The highest BCUT2D eigenvalue weighted by molar-refractivity contribution is 5.96. The Labute approximate surface area is 182 Å². The monoisotopic (exact) mass is 417 g/mol. The first-order valence-corrected chi connectivity index (χ1v) is 10.5. The Morgan fingerprint density at radius 3 is 2.16 bits per heavy atom. The fraction of sp³-hybridized carbons (Fsp3) is 0.231. The number of carboxylic acid groups (broad SMARTS) is 1. The van der Waals surface area contributed by atoms with Crippen LogP contribution in [0.3, 0.4) is 0 Å². The van der Waals surface area contributed by atoms with Crippen LogP contribution in [-0.2, 0) is 17.8 Å². The minimum absolute atomic E-state index is 0.370. The van der Waals surface area contributed by atoms with E-state index < -0.39 is 17.9 Å². The minimum atomic E-state index is -1.11. The Hall–Kier alpha value is -3.60. The van der Waals surface area contributed by atoms with Crippen LogP contribution in [0, 0.1) is 0 Å². The number of nitrogens with one attached hydrogen (secondary N) is 1. The van der Waals surface area contributed by atoms with Gasteiger partial charge >= 0.3 is 5.97 Å². The highest BCUT2D eigenvalue weighted by Gasteiger charge is 2.22. The molecule has 0 radical (unpaired) electrons. The third-order valence-electron chi connectivity index (χ3n) is 5.02. The van der Waals surface area contributed by atoms with Crippen molar-refractivity contribution in [2.45, 2.75) is 38.8 Å². The van der Waals surface area contributed by atoms with E-state index in [1.807, 2.05) is 0 Å². The van der Waals surface area contributed by atoms with Crippen molar-refractivity contribution in [2.75, 3.05) is 0 Å². The molecule has 1 amide bonds. The average molecular weight is 418 g/mol. The predicted molar refractivity (Wildman–Crippen MR) is 120 cm³/mol. The van der Waals surface area contributed by atoms with Gasteiger partial charge in [-0.1, -0.05) is 67.9 Å². The van der Waals surface area contributed by atoms with Crippen molar-refractivity contribution in [2.24, 2.45) is 0 Å². The van der Waals surface area contributed by atoms with Gasteiger partial charge in [0.05, 0.1) is 0 Å². The van der Waals surface area contributed by atoms with Gasteiger partial charge in [0, 0.05) is 5.56 Å². The standard InChI is InChI=1S/C26H27NO4/c1-2-3-7-19-10-12-20(13-11-19)18-31-23-16-14-22(15-17-23)25(28)27-24(26(29)30)21-8-5-4-6-9-21/h4-6,8-17,24H,2-3,7,18H2,1H3,(H,27,28)(H,29,30). The number of rotatable bonds is 10. The lowest BCUT2D eigenvalue weighted by Crippen LogP contribution is -2.33. The summed E-state index contributed by atoms with van der Waals surface area (Å²) in [5.41, 5.74) is 3.30. The zero-order valence-corrected chi connectivity index (χ0v) is 17.6. The van der Waals surface area contributed by atoms with Crippen molar-refractivity contribution in [3.05, 3.63) is 101 Å². The maximum absolute atomic E-state index is 12.5. The molecule has 3 aromatic carbocycles. The molecule has 0 fully saturated rings. The van der Waals surface area contributed by atoms with Gasteiger partial charge in [-0.25, -0.2) is 4.79 Å². The summed E-state index contributed by atoms with van der Waals surface area (Å²) in [7, 11) is 0. The number of hydrogen-bond acceptors (Lipinski definition) is 3. The van der Waals surface area contributed by atoms with E-state index >= 15 is 0 Å². The molecule has 0 aliphatic heterocycles. The van der Waals surface area contributed by atoms with E-state index in [0.717, 1.165) is 12.0 Å². The van der Waals surface area contributed by atoms with Crippen molar-refractivity contribution in [3.8, 4) is 5.75 Å². The summed E-state index contributed by atoms with van der Waals surface area (Å²) in [5.74, 6) is -0.921. The molecule has 0 aliphatic carbocycles. The molecule has 3 aromatic rings. The molecule has 0 saturated heterocycles. The first kappa shape index (κ1) is 22.1.